The molecule has 0 radical (unpaired) electrons. The molecule has 0 bridgehead atoms. The third-order valence-electron chi connectivity index (χ3n) is 3.74. The van der Waals surface area contributed by atoms with E-state index < -0.39 is 0 Å². The highest BCUT2D eigenvalue weighted by Crippen LogP contribution is 2.23. The van der Waals surface area contributed by atoms with Crippen LogP contribution < -0.4 is 11.1 Å². The lowest BCUT2D eigenvalue weighted by molar-refractivity contribution is -0.122. The molecular formula is C13H27N3O. The van der Waals surface area contributed by atoms with Crippen molar-refractivity contribution in [2.75, 3.05) is 20.1 Å². The summed E-state index contributed by atoms with van der Waals surface area (Å²) < 4.78 is 0. The molecule has 1 saturated heterocycles. The van der Waals surface area contributed by atoms with Crippen molar-refractivity contribution in [1.29, 1.82) is 0 Å². The zero-order valence-corrected chi connectivity index (χ0v) is 11.2. The van der Waals surface area contributed by atoms with Gasteiger partial charge in [-0.2, -0.15) is 0 Å². The fourth-order valence-electron chi connectivity index (χ4n) is 2.80. The highest BCUT2D eigenvalue weighted by atomic mass is 16.1. The quantitative estimate of drug-likeness (QED) is 0.732. The van der Waals surface area contributed by atoms with E-state index >= 15 is 0 Å². The van der Waals surface area contributed by atoms with E-state index in [1.807, 2.05) is 0 Å². The maximum absolute atomic E-state index is 11.5. The van der Waals surface area contributed by atoms with Gasteiger partial charge in [-0.15, -0.1) is 0 Å². The van der Waals surface area contributed by atoms with Crippen molar-refractivity contribution in [2.45, 2.75) is 57.5 Å². The average molecular weight is 241 g/mol. The standard InChI is InChI=1S/C13H27N3O/c1-3-6-11-7-4-5-8-16(11)12(10-14)9-13(17)15-2/h11-12H,3-10,14H2,1-2H3,(H,15,17). The minimum atomic E-state index is 0.0984. The molecule has 1 rings (SSSR count). The van der Waals surface area contributed by atoms with Crippen LogP contribution in [0.4, 0.5) is 0 Å². The molecule has 100 valence electrons. The molecule has 2 unspecified atom stereocenters. The van der Waals surface area contributed by atoms with Crippen molar-refractivity contribution < 1.29 is 4.79 Å². The van der Waals surface area contributed by atoms with E-state index in [1.165, 1.54) is 32.1 Å². The molecular weight excluding hydrogens is 214 g/mol. The van der Waals surface area contributed by atoms with Crippen molar-refractivity contribution in [2.24, 2.45) is 5.73 Å². The van der Waals surface area contributed by atoms with Gasteiger partial charge in [0.15, 0.2) is 0 Å². The number of nitrogens with one attached hydrogen (secondary N) is 1. The summed E-state index contributed by atoms with van der Waals surface area (Å²) in [5.41, 5.74) is 5.84. The molecule has 0 aromatic carbocycles. The molecule has 0 aromatic rings. The molecule has 1 fully saturated rings. The Labute approximate surface area is 105 Å². The molecule has 17 heavy (non-hydrogen) atoms. The number of nitrogens with zero attached hydrogens (tertiary/aromatic N) is 1. The van der Waals surface area contributed by atoms with Gasteiger partial charge >= 0.3 is 0 Å². The Hall–Kier alpha value is -0.610. The Kier molecular flexibility index (Phi) is 6.52. The number of likely N-dealkylation sites (tertiary alicyclic amines) is 1. The Bertz CT molecular complexity index is 231. The lowest BCUT2D eigenvalue weighted by atomic mass is 9.95. The number of hydrogen-bond donors (Lipinski definition) is 2. The second-order valence-corrected chi connectivity index (χ2v) is 4.94. The fourth-order valence-corrected chi connectivity index (χ4v) is 2.80. The molecule has 1 heterocycles. The Balaban J connectivity index is 2.59. The van der Waals surface area contributed by atoms with Crippen LogP contribution >= 0.6 is 0 Å². The van der Waals surface area contributed by atoms with Crippen molar-refractivity contribution in [3.8, 4) is 0 Å². The van der Waals surface area contributed by atoms with Crippen LogP contribution in [0.5, 0.6) is 0 Å². The molecule has 0 spiro atoms. The fraction of sp³-hybridized carbons (Fsp3) is 0.923. The van der Waals surface area contributed by atoms with E-state index in [2.05, 4.69) is 17.1 Å². The summed E-state index contributed by atoms with van der Waals surface area (Å²) in [5.74, 6) is 0.0984. The second kappa shape index (κ2) is 7.67. The molecule has 0 aromatic heterocycles. The summed E-state index contributed by atoms with van der Waals surface area (Å²) >= 11 is 0. The van der Waals surface area contributed by atoms with Crippen LogP contribution in [0, 0.1) is 0 Å². The maximum atomic E-state index is 11.5. The van der Waals surface area contributed by atoms with E-state index in [4.69, 9.17) is 5.73 Å². The van der Waals surface area contributed by atoms with Crippen LogP contribution in [0.1, 0.15) is 45.4 Å². The number of hydrogen-bond acceptors (Lipinski definition) is 3. The van der Waals surface area contributed by atoms with Crippen LogP contribution in [0.2, 0.25) is 0 Å². The highest BCUT2D eigenvalue weighted by Gasteiger charge is 2.28. The van der Waals surface area contributed by atoms with Crippen LogP contribution in [0.3, 0.4) is 0 Å². The highest BCUT2D eigenvalue weighted by molar-refractivity contribution is 5.76. The predicted octanol–water partition coefficient (Wildman–Crippen LogP) is 1.10. The first-order valence-electron chi connectivity index (χ1n) is 6.89. The first-order chi connectivity index (χ1) is 8.22. The molecule has 1 aliphatic heterocycles. The van der Waals surface area contributed by atoms with Gasteiger partial charge in [-0.1, -0.05) is 19.8 Å². The van der Waals surface area contributed by atoms with Gasteiger partial charge in [0.05, 0.1) is 0 Å². The SMILES string of the molecule is CCCC1CCCCN1C(CN)CC(=O)NC. The van der Waals surface area contributed by atoms with Gasteiger partial charge in [0.2, 0.25) is 5.91 Å². The summed E-state index contributed by atoms with van der Waals surface area (Å²) in [7, 11) is 1.69. The number of nitrogens with two attached hydrogens (primary N) is 1. The van der Waals surface area contributed by atoms with Crippen LogP contribution in [-0.4, -0.2) is 43.0 Å². The largest absolute Gasteiger partial charge is 0.359 e. The summed E-state index contributed by atoms with van der Waals surface area (Å²) in [4.78, 5) is 14.0. The number of piperidine rings is 1. The average Bonchev–Trinajstić information content (AvgIpc) is 2.37. The number of rotatable bonds is 6. The molecule has 1 aliphatic rings. The van der Waals surface area contributed by atoms with Crippen molar-refractivity contribution in [3.05, 3.63) is 0 Å². The van der Waals surface area contributed by atoms with Crippen LogP contribution in [-0.2, 0) is 4.79 Å². The van der Waals surface area contributed by atoms with Gasteiger partial charge in [-0.3, -0.25) is 9.69 Å². The predicted molar refractivity (Wildman–Crippen MR) is 70.8 cm³/mol. The first kappa shape index (κ1) is 14.5. The van der Waals surface area contributed by atoms with Gasteiger partial charge in [-0.05, 0) is 25.8 Å². The monoisotopic (exact) mass is 241 g/mol. The Morgan fingerprint density at radius 3 is 2.88 bits per heavy atom. The van der Waals surface area contributed by atoms with E-state index in [0.29, 0.717) is 19.0 Å². The van der Waals surface area contributed by atoms with Crippen molar-refractivity contribution in [3.63, 3.8) is 0 Å². The minimum Gasteiger partial charge on any atom is -0.359 e. The van der Waals surface area contributed by atoms with Gasteiger partial charge in [0.25, 0.3) is 0 Å². The molecule has 4 heteroatoms. The summed E-state index contributed by atoms with van der Waals surface area (Å²) in [6.45, 7) is 3.90. The number of carbonyl (C=O) groups excluding carboxylic acids is 1. The molecule has 4 nitrogen and oxygen atoms in total. The zero-order chi connectivity index (χ0) is 12.7. The third-order valence-corrected chi connectivity index (χ3v) is 3.74. The van der Waals surface area contributed by atoms with E-state index in [9.17, 15) is 4.79 Å². The smallest absolute Gasteiger partial charge is 0.221 e. The van der Waals surface area contributed by atoms with Gasteiger partial charge < -0.3 is 11.1 Å². The lowest BCUT2D eigenvalue weighted by Gasteiger charge is -2.40. The zero-order valence-electron chi connectivity index (χ0n) is 11.2. The molecule has 0 aliphatic carbocycles. The van der Waals surface area contributed by atoms with E-state index in [1.54, 1.807) is 7.05 Å². The summed E-state index contributed by atoms with van der Waals surface area (Å²) in [6, 6.07) is 0.846. The molecule has 1 amide bonds. The van der Waals surface area contributed by atoms with Gasteiger partial charge in [0.1, 0.15) is 0 Å². The summed E-state index contributed by atoms with van der Waals surface area (Å²) in [6.07, 6.45) is 6.79. The van der Waals surface area contributed by atoms with Crippen LogP contribution in [0.25, 0.3) is 0 Å². The Morgan fingerprint density at radius 2 is 2.29 bits per heavy atom. The summed E-state index contributed by atoms with van der Waals surface area (Å²) in [5, 5.41) is 2.69. The van der Waals surface area contributed by atoms with Crippen LogP contribution in [0.15, 0.2) is 0 Å². The first-order valence-corrected chi connectivity index (χ1v) is 6.89. The minimum absolute atomic E-state index is 0.0984. The lowest BCUT2D eigenvalue weighted by Crippen LogP contribution is -2.50. The molecule has 0 saturated carbocycles. The van der Waals surface area contributed by atoms with Gasteiger partial charge in [-0.25, -0.2) is 0 Å². The normalized spacial score (nSPS) is 23.4. The topological polar surface area (TPSA) is 58.4 Å². The van der Waals surface area contributed by atoms with Crippen molar-refractivity contribution in [1.82, 2.24) is 10.2 Å². The maximum Gasteiger partial charge on any atom is 0.221 e. The van der Waals surface area contributed by atoms with E-state index in [0.717, 1.165) is 6.54 Å². The van der Waals surface area contributed by atoms with Crippen molar-refractivity contribution >= 4 is 5.91 Å². The van der Waals surface area contributed by atoms with Gasteiger partial charge in [0, 0.05) is 32.1 Å². The second-order valence-electron chi connectivity index (χ2n) is 4.94. The number of carbonyl (C=O) groups is 1. The third kappa shape index (κ3) is 4.28. The Morgan fingerprint density at radius 1 is 1.53 bits per heavy atom. The number of amides is 1. The van der Waals surface area contributed by atoms with E-state index in [-0.39, 0.29) is 11.9 Å². The molecule has 2 atom stereocenters. The molecule has 3 N–H and O–H groups in total.